The topological polar surface area (TPSA) is 114 Å². The Morgan fingerprint density at radius 3 is 2.50 bits per heavy atom. The molecule has 9 nitrogen and oxygen atoms in total. The highest BCUT2D eigenvalue weighted by molar-refractivity contribution is 6.11. The molecule has 0 spiro atoms. The van der Waals surface area contributed by atoms with Gasteiger partial charge in [-0.1, -0.05) is 12.0 Å². The Bertz CT molecular complexity index is 574. The first-order valence-corrected chi connectivity index (χ1v) is 9.09. The zero-order valence-electron chi connectivity index (χ0n) is 15.8. The summed E-state index contributed by atoms with van der Waals surface area (Å²) in [5, 5.41) is 3.31. The average Bonchev–Trinajstić information content (AvgIpc) is 3.04. The molecule has 0 aromatic carbocycles. The Labute approximate surface area is 155 Å². The molecule has 0 N–H and O–H groups in total. The number of azide groups is 1. The number of amides is 1. The fraction of sp³-hybridized carbons (Fsp3) is 0.867. The lowest BCUT2D eigenvalue weighted by Crippen LogP contribution is -2.44. The number of ether oxygens (including phenoxy) is 3. The van der Waals surface area contributed by atoms with Crippen LogP contribution in [0, 0.1) is 5.92 Å². The van der Waals surface area contributed by atoms with Gasteiger partial charge < -0.3 is 19.1 Å². The van der Waals surface area contributed by atoms with Crippen LogP contribution in [-0.4, -0.2) is 82.4 Å². The summed E-state index contributed by atoms with van der Waals surface area (Å²) < 4.78 is 16.9. The summed E-state index contributed by atoms with van der Waals surface area (Å²) in [5.41, 5.74) is 8.44. The summed E-state index contributed by atoms with van der Waals surface area (Å²) in [6.45, 7) is 3.66. The van der Waals surface area contributed by atoms with Crippen molar-refractivity contribution in [1.82, 2.24) is 4.90 Å². The van der Waals surface area contributed by atoms with Crippen LogP contribution in [0.15, 0.2) is 5.11 Å². The fourth-order valence-electron chi connectivity index (χ4n) is 3.58. The summed E-state index contributed by atoms with van der Waals surface area (Å²) in [5.74, 6) is -0.633. The van der Waals surface area contributed by atoms with Gasteiger partial charge >= 0.3 is 5.97 Å². The van der Waals surface area contributed by atoms with E-state index >= 15 is 0 Å². The first-order chi connectivity index (χ1) is 12.3. The monoisotopic (exact) mass is 364 g/mol. The zero-order chi connectivity index (χ0) is 19.3. The minimum atomic E-state index is -0.493. The lowest BCUT2D eigenvalue weighted by Gasteiger charge is -2.27. The van der Waals surface area contributed by atoms with E-state index in [0.717, 1.165) is 6.42 Å². The summed E-state index contributed by atoms with van der Waals surface area (Å²) in [6.07, 6.45) is 0.914. The second kappa shape index (κ2) is 9.30. The smallest absolute Gasteiger partial charge is 0.326 e. The van der Waals surface area contributed by atoms with Crippen LogP contribution in [-0.2, 0) is 23.8 Å². The van der Waals surface area contributed by atoms with E-state index in [4.69, 9.17) is 19.7 Å². The molecule has 2 rings (SSSR count). The van der Waals surface area contributed by atoms with Gasteiger partial charge in [-0.25, -0.2) is 0 Å². The van der Waals surface area contributed by atoms with Crippen LogP contribution >= 0.6 is 0 Å². The Morgan fingerprint density at radius 2 is 1.96 bits per heavy atom. The fourth-order valence-corrected chi connectivity index (χ4v) is 3.58. The molecule has 26 heavy (non-hydrogen) atoms. The standard InChI is InChI=1S/C15H26B2N4O5/c1-8-3-12(16)25-11(8)6-21(14(22)5-19-20-18)7-15(23)26-10-4-13(17)24-9(10)2/h8-13H,3-7,16-17H2,1-2H3. The average molecular weight is 364 g/mol. The maximum absolute atomic E-state index is 12.3. The second-order valence-corrected chi connectivity index (χ2v) is 7.28. The van der Waals surface area contributed by atoms with Gasteiger partial charge in [0.1, 0.15) is 34.9 Å². The quantitative estimate of drug-likeness (QED) is 0.193. The van der Waals surface area contributed by atoms with Crippen LogP contribution in [0.25, 0.3) is 10.4 Å². The minimum absolute atomic E-state index is 0.0414. The molecule has 2 saturated heterocycles. The molecule has 0 radical (unpaired) electrons. The molecular weight excluding hydrogens is 338 g/mol. The van der Waals surface area contributed by atoms with E-state index in [9.17, 15) is 9.59 Å². The van der Waals surface area contributed by atoms with Gasteiger partial charge in [-0.15, -0.1) is 0 Å². The van der Waals surface area contributed by atoms with Crippen LogP contribution in [0.1, 0.15) is 26.7 Å². The highest BCUT2D eigenvalue weighted by atomic mass is 16.6. The van der Waals surface area contributed by atoms with Gasteiger partial charge in [0, 0.05) is 29.9 Å². The van der Waals surface area contributed by atoms with E-state index in [1.54, 1.807) is 0 Å². The van der Waals surface area contributed by atoms with Crippen molar-refractivity contribution in [2.75, 3.05) is 19.6 Å². The number of hydrogen-bond acceptors (Lipinski definition) is 6. The van der Waals surface area contributed by atoms with Gasteiger partial charge in [0.2, 0.25) is 5.91 Å². The zero-order valence-corrected chi connectivity index (χ0v) is 15.8. The Morgan fingerprint density at radius 1 is 1.27 bits per heavy atom. The predicted octanol–water partition coefficient (Wildman–Crippen LogP) is -0.811. The van der Waals surface area contributed by atoms with Crippen LogP contribution in [0.5, 0.6) is 0 Å². The van der Waals surface area contributed by atoms with Gasteiger partial charge in [-0.2, -0.15) is 0 Å². The largest absolute Gasteiger partial charge is 0.458 e. The molecule has 6 atom stereocenters. The number of hydrogen-bond donors (Lipinski definition) is 0. The summed E-state index contributed by atoms with van der Waals surface area (Å²) >= 11 is 0. The van der Waals surface area contributed by atoms with Crippen LogP contribution in [0.4, 0.5) is 0 Å². The Balaban J connectivity index is 1.97. The molecule has 1 amide bonds. The number of carbonyl (C=O) groups is 2. The van der Waals surface area contributed by atoms with Gasteiger partial charge in [-0.3, -0.25) is 9.59 Å². The first-order valence-electron chi connectivity index (χ1n) is 9.09. The maximum Gasteiger partial charge on any atom is 0.326 e. The summed E-state index contributed by atoms with van der Waals surface area (Å²) in [6, 6.07) is 0.161. The van der Waals surface area contributed by atoms with Crippen molar-refractivity contribution in [1.29, 1.82) is 0 Å². The Hall–Kier alpha value is -1.70. The number of carbonyl (C=O) groups excluding carboxylic acids is 2. The first kappa shape index (κ1) is 20.6. The molecule has 2 heterocycles. The molecule has 0 aromatic rings. The molecule has 0 aromatic heterocycles. The van der Waals surface area contributed by atoms with Crippen LogP contribution in [0.2, 0.25) is 0 Å². The van der Waals surface area contributed by atoms with Crippen molar-refractivity contribution in [2.45, 2.75) is 57.0 Å². The highest BCUT2D eigenvalue weighted by Gasteiger charge is 2.35. The molecule has 2 fully saturated rings. The van der Waals surface area contributed by atoms with E-state index in [0.29, 0.717) is 6.42 Å². The van der Waals surface area contributed by atoms with E-state index in [2.05, 4.69) is 16.9 Å². The van der Waals surface area contributed by atoms with E-state index in [-0.39, 0.29) is 55.9 Å². The number of nitrogens with zero attached hydrogens (tertiary/aromatic N) is 4. The molecule has 142 valence electrons. The van der Waals surface area contributed by atoms with Crippen LogP contribution in [0.3, 0.4) is 0 Å². The predicted molar refractivity (Wildman–Crippen MR) is 99.0 cm³/mol. The van der Waals surface area contributed by atoms with Crippen molar-refractivity contribution in [3.63, 3.8) is 0 Å². The summed E-state index contributed by atoms with van der Waals surface area (Å²) in [7, 11) is 3.92. The third-order valence-electron chi connectivity index (χ3n) is 4.91. The molecule has 2 aliphatic heterocycles. The van der Waals surface area contributed by atoms with Gasteiger partial charge in [0.25, 0.3) is 0 Å². The van der Waals surface area contributed by atoms with E-state index < -0.39 is 11.9 Å². The van der Waals surface area contributed by atoms with Gasteiger partial charge in [0.05, 0.1) is 12.2 Å². The van der Waals surface area contributed by atoms with Crippen molar-refractivity contribution in [2.24, 2.45) is 11.0 Å². The molecule has 6 unspecified atom stereocenters. The molecule has 0 aliphatic carbocycles. The summed E-state index contributed by atoms with van der Waals surface area (Å²) in [4.78, 5) is 28.7. The maximum atomic E-state index is 12.3. The normalized spacial score (nSPS) is 33.5. The van der Waals surface area contributed by atoms with Crippen LogP contribution < -0.4 is 0 Å². The van der Waals surface area contributed by atoms with Crippen molar-refractivity contribution in [3.8, 4) is 0 Å². The third kappa shape index (κ3) is 5.65. The van der Waals surface area contributed by atoms with Crippen molar-refractivity contribution >= 4 is 27.6 Å². The van der Waals surface area contributed by atoms with Gasteiger partial charge in [-0.05, 0) is 24.8 Å². The van der Waals surface area contributed by atoms with E-state index in [1.165, 1.54) is 4.90 Å². The molecule has 11 heteroatoms. The molecule has 0 saturated carbocycles. The third-order valence-corrected chi connectivity index (χ3v) is 4.91. The number of esters is 1. The van der Waals surface area contributed by atoms with Crippen molar-refractivity contribution < 1.29 is 23.8 Å². The number of rotatable bonds is 7. The van der Waals surface area contributed by atoms with Crippen molar-refractivity contribution in [3.05, 3.63) is 10.4 Å². The van der Waals surface area contributed by atoms with E-state index in [1.807, 2.05) is 22.6 Å². The SMILES string of the molecule is BC1CC(OC(=O)CN(CC2OC(B)CC2C)C(=O)CN=[N+]=[N-])C(C)O1. The van der Waals surface area contributed by atoms with Gasteiger partial charge in [0.15, 0.2) is 0 Å². The molecule has 0 bridgehead atoms. The molecule has 2 aliphatic rings. The lowest BCUT2D eigenvalue weighted by molar-refractivity contribution is -0.156. The Kier molecular flexibility index (Phi) is 7.37. The second-order valence-electron chi connectivity index (χ2n) is 7.28. The highest BCUT2D eigenvalue weighted by Crippen LogP contribution is 2.25. The molecular formula is C15H26B2N4O5. The lowest BCUT2D eigenvalue weighted by atomic mass is 9.92. The minimum Gasteiger partial charge on any atom is -0.458 e.